The van der Waals surface area contributed by atoms with Gasteiger partial charge in [-0.2, -0.15) is 5.10 Å². The maximum absolute atomic E-state index is 6.38. The molecule has 0 spiro atoms. The SMILES string of the molecule is CCc1ccccc1C(N)Cc1ncnn1CC(C)C. The van der Waals surface area contributed by atoms with Crippen LogP contribution in [0.5, 0.6) is 0 Å². The Morgan fingerprint density at radius 1 is 1.25 bits per heavy atom. The number of benzene rings is 1. The van der Waals surface area contributed by atoms with E-state index in [1.165, 1.54) is 11.1 Å². The fourth-order valence-corrected chi connectivity index (χ4v) is 2.47. The van der Waals surface area contributed by atoms with Crippen molar-refractivity contribution in [1.82, 2.24) is 14.8 Å². The summed E-state index contributed by atoms with van der Waals surface area (Å²) >= 11 is 0. The van der Waals surface area contributed by atoms with E-state index in [0.29, 0.717) is 5.92 Å². The van der Waals surface area contributed by atoms with Gasteiger partial charge in [-0.15, -0.1) is 0 Å². The molecule has 0 bridgehead atoms. The number of hydrogen-bond acceptors (Lipinski definition) is 3. The summed E-state index contributed by atoms with van der Waals surface area (Å²) in [6, 6.07) is 8.35. The van der Waals surface area contributed by atoms with Crippen molar-refractivity contribution >= 4 is 0 Å². The molecule has 0 aliphatic carbocycles. The Kier molecular flexibility index (Phi) is 4.90. The number of nitrogens with zero attached hydrogens (tertiary/aromatic N) is 3. The van der Waals surface area contributed by atoms with Crippen molar-refractivity contribution in [2.45, 2.75) is 46.2 Å². The summed E-state index contributed by atoms with van der Waals surface area (Å²) in [6.07, 6.45) is 3.35. The number of nitrogens with two attached hydrogens (primary N) is 1. The van der Waals surface area contributed by atoms with Crippen molar-refractivity contribution in [1.29, 1.82) is 0 Å². The molecule has 0 saturated carbocycles. The predicted octanol–water partition coefficient (Wildman–Crippen LogP) is 2.74. The zero-order valence-corrected chi connectivity index (χ0v) is 12.6. The molecule has 108 valence electrons. The van der Waals surface area contributed by atoms with E-state index in [1.807, 2.05) is 10.7 Å². The fraction of sp³-hybridized carbons (Fsp3) is 0.500. The summed E-state index contributed by atoms with van der Waals surface area (Å²) in [6.45, 7) is 7.40. The third-order valence-corrected chi connectivity index (χ3v) is 3.47. The van der Waals surface area contributed by atoms with E-state index in [4.69, 9.17) is 5.73 Å². The van der Waals surface area contributed by atoms with Crippen LogP contribution in [0, 0.1) is 5.92 Å². The Bertz CT molecular complexity index is 545. The van der Waals surface area contributed by atoms with Crippen molar-refractivity contribution in [2.75, 3.05) is 0 Å². The molecule has 2 rings (SSSR count). The third kappa shape index (κ3) is 3.45. The fourth-order valence-electron chi connectivity index (χ4n) is 2.47. The highest BCUT2D eigenvalue weighted by atomic mass is 15.3. The Hall–Kier alpha value is -1.68. The first-order valence-electron chi connectivity index (χ1n) is 7.31. The average Bonchev–Trinajstić information content (AvgIpc) is 2.85. The van der Waals surface area contributed by atoms with E-state index < -0.39 is 0 Å². The molecule has 4 nitrogen and oxygen atoms in total. The lowest BCUT2D eigenvalue weighted by Gasteiger charge is -2.16. The summed E-state index contributed by atoms with van der Waals surface area (Å²) in [5.41, 5.74) is 8.91. The molecule has 2 aromatic rings. The molecular formula is C16H24N4. The molecule has 1 aromatic carbocycles. The molecule has 1 unspecified atom stereocenters. The minimum atomic E-state index is -0.0266. The van der Waals surface area contributed by atoms with E-state index in [2.05, 4.69) is 49.1 Å². The largest absolute Gasteiger partial charge is 0.324 e. The minimum Gasteiger partial charge on any atom is -0.324 e. The summed E-state index contributed by atoms with van der Waals surface area (Å²) in [4.78, 5) is 4.36. The van der Waals surface area contributed by atoms with Gasteiger partial charge >= 0.3 is 0 Å². The lowest BCUT2D eigenvalue weighted by molar-refractivity contribution is 0.459. The molecule has 0 saturated heterocycles. The molecule has 1 aromatic heterocycles. The number of rotatable bonds is 6. The van der Waals surface area contributed by atoms with E-state index in [9.17, 15) is 0 Å². The van der Waals surface area contributed by atoms with E-state index in [0.717, 1.165) is 25.2 Å². The van der Waals surface area contributed by atoms with Gasteiger partial charge in [0.15, 0.2) is 0 Å². The first-order valence-corrected chi connectivity index (χ1v) is 7.31. The molecule has 0 amide bonds. The number of aromatic nitrogens is 3. The number of hydrogen-bond donors (Lipinski definition) is 1. The summed E-state index contributed by atoms with van der Waals surface area (Å²) in [5.74, 6) is 1.52. The normalized spacial score (nSPS) is 12.8. The van der Waals surface area contributed by atoms with Gasteiger partial charge in [-0.3, -0.25) is 0 Å². The summed E-state index contributed by atoms with van der Waals surface area (Å²) < 4.78 is 1.97. The van der Waals surface area contributed by atoms with Gasteiger partial charge in [0.25, 0.3) is 0 Å². The van der Waals surface area contributed by atoms with Crippen LogP contribution in [0.25, 0.3) is 0 Å². The lowest BCUT2D eigenvalue weighted by atomic mass is 9.97. The quantitative estimate of drug-likeness (QED) is 0.879. The van der Waals surface area contributed by atoms with Crippen molar-refractivity contribution in [3.8, 4) is 0 Å². The first-order chi connectivity index (χ1) is 9.61. The van der Waals surface area contributed by atoms with Crippen LogP contribution >= 0.6 is 0 Å². The molecule has 4 heteroatoms. The Balaban J connectivity index is 2.15. The van der Waals surface area contributed by atoms with Crippen molar-refractivity contribution in [3.63, 3.8) is 0 Å². The van der Waals surface area contributed by atoms with Gasteiger partial charge in [0.05, 0.1) is 0 Å². The third-order valence-electron chi connectivity index (χ3n) is 3.47. The van der Waals surface area contributed by atoms with Crippen LogP contribution in [0.3, 0.4) is 0 Å². The standard InChI is InChI=1S/C16H24N4/c1-4-13-7-5-6-8-14(13)15(17)9-16-18-11-19-20(16)10-12(2)3/h5-8,11-12,15H,4,9-10,17H2,1-3H3. The van der Waals surface area contributed by atoms with Crippen molar-refractivity contribution < 1.29 is 0 Å². The maximum Gasteiger partial charge on any atom is 0.138 e. The Morgan fingerprint density at radius 2 is 2.00 bits per heavy atom. The molecule has 20 heavy (non-hydrogen) atoms. The predicted molar refractivity (Wildman–Crippen MR) is 81.3 cm³/mol. The van der Waals surface area contributed by atoms with Gasteiger partial charge in [-0.25, -0.2) is 9.67 Å². The minimum absolute atomic E-state index is 0.0266. The zero-order valence-electron chi connectivity index (χ0n) is 12.6. The van der Waals surface area contributed by atoms with Gasteiger partial charge < -0.3 is 5.73 Å². The monoisotopic (exact) mass is 272 g/mol. The molecule has 1 atom stereocenters. The van der Waals surface area contributed by atoms with Crippen LogP contribution < -0.4 is 5.73 Å². The topological polar surface area (TPSA) is 56.7 Å². The van der Waals surface area contributed by atoms with E-state index >= 15 is 0 Å². The smallest absolute Gasteiger partial charge is 0.138 e. The van der Waals surface area contributed by atoms with Gasteiger partial charge in [0.1, 0.15) is 12.2 Å². The number of aryl methyl sites for hydroxylation is 1. The molecule has 1 heterocycles. The summed E-state index contributed by atoms with van der Waals surface area (Å²) in [7, 11) is 0. The second-order valence-corrected chi connectivity index (χ2v) is 5.62. The molecule has 0 fully saturated rings. The van der Waals surface area contributed by atoms with Crippen LogP contribution in [-0.4, -0.2) is 14.8 Å². The highest BCUT2D eigenvalue weighted by Gasteiger charge is 2.14. The van der Waals surface area contributed by atoms with Gasteiger partial charge in [-0.05, 0) is 23.5 Å². The Morgan fingerprint density at radius 3 is 2.70 bits per heavy atom. The first kappa shape index (κ1) is 14.7. The summed E-state index contributed by atoms with van der Waals surface area (Å²) in [5, 5.41) is 4.30. The maximum atomic E-state index is 6.38. The molecule has 0 aliphatic rings. The lowest BCUT2D eigenvalue weighted by Crippen LogP contribution is -2.19. The van der Waals surface area contributed by atoms with Gasteiger partial charge in [0.2, 0.25) is 0 Å². The zero-order chi connectivity index (χ0) is 14.5. The molecule has 0 radical (unpaired) electrons. The second-order valence-electron chi connectivity index (χ2n) is 5.62. The van der Waals surface area contributed by atoms with Crippen LogP contribution in [-0.2, 0) is 19.4 Å². The van der Waals surface area contributed by atoms with Crippen molar-refractivity contribution in [2.24, 2.45) is 11.7 Å². The van der Waals surface area contributed by atoms with Crippen LogP contribution in [0.4, 0.5) is 0 Å². The van der Waals surface area contributed by atoms with Gasteiger partial charge in [-0.1, -0.05) is 45.0 Å². The van der Waals surface area contributed by atoms with Crippen molar-refractivity contribution in [3.05, 3.63) is 47.5 Å². The second kappa shape index (κ2) is 6.66. The van der Waals surface area contributed by atoms with Crippen LogP contribution in [0.1, 0.15) is 43.8 Å². The molecular weight excluding hydrogens is 248 g/mol. The highest BCUT2D eigenvalue weighted by Crippen LogP contribution is 2.20. The van der Waals surface area contributed by atoms with Gasteiger partial charge in [0, 0.05) is 19.0 Å². The van der Waals surface area contributed by atoms with E-state index in [-0.39, 0.29) is 6.04 Å². The molecule has 0 aliphatic heterocycles. The molecule has 2 N–H and O–H groups in total. The Labute approximate surface area is 121 Å². The average molecular weight is 272 g/mol. The van der Waals surface area contributed by atoms with E-state index in [1.54, 1.807) is 6.33 Å². The van der Waals surface area contributed by atoms with Crippen LogP contribution in [0.15, 0.2) is 30.6 Å². The highest BCUT2D eigenvalue weighted by molar-refractivity contribution is 5.30. The van der Waals surface area contributed by atoms with Crippen LogP contribution in [0.2, 0.25) is 0 Å².